The van der Waals surface area contributed by atoms with Gasteiger partial charge >= 0.3 is 0 Å². The van der Waals surface area contributed by atoms with Crippen LogP contribution in [0.1, 0.15) is 50.2 Å². The Balaban J connectivity index is 1.25. The smallest absolute Gasteiger partial charge is 0.190 e. The van der Waals surface area contributed by atoms with Crippen LogP contribution >= 0.6 is 15.9 Å². The second kappa shape index (κ2) is 6.51. The first kappa shape index (κ1) is 17.4. The molecule has 7 atom stereocenters. The van der Waals surface area contributed by atoms with E-state index >= 15 is 0 Å². The van der Waals surface area contributed by atoms with Crippen molar-refractivity contribution < 1.29 is 23.7 Å². The maximum atomic E-state index is 6.49. The third-order valence-electron chi connectivity index (χ3n) is 6.89. The van der Waals surface area contributed by atoms with Crippen LogP contribution in [0.3, 0.4) is 0 Å². The highest BCUT2D eigenvalue weighted by Gasteiger charge is 2.65. The van der Waals surface area contributed by atoms with Gasteiger partial charge in [-0.05, 0) is 37.0 Å². The molecule has 4 saturated heterocycles. The first-order valence-electron chi connectivity index (χ1n) is 10.3. The van der Waals surface area contributed by atoms with Crippen molar-refractivity contribution in [3.8, 4) is 0 Å². The van der Waals surface area contributed by atoms with Crippen LogP contribution in [-0.2, 0) is 23.7 Å². The molecule has 1 saturated carbocycles. The molecule has 0 N–H and O–H groups in total. The highest BCUT2D eigenvalue weighted by molar-refractivity contribution is 9.10. The van der Waals surface area contributed by atoms with Gasteiger partial charge in [0.25, 0.3) is 0 Å². The standard InChI is InChI=1S/C21H25BrO5/c22-13-6-4-12(5-7-13)16-15-14(8-11-23-16)24-18-17(15)25-20-19(18)26-21(27-20)9-2-1-3-10-21/h4-7,14-20H,1-3,8-11H2/t14-,15-,16-,17+,18-,19+,20+/m0/s1. The van der Waals surface area contributed by atoms with Crippen molar-refractivity contribution in [3.63, 3.8) is 0 Å². The number of rotatable bonds is 1. The fourth-order valence-electron chi connectivity index (χ4n) is 5.67. The van der Waals surface area contributed by atoms with E-state index in [0.29, 0.717) is 0 Å². The number of hydrogen-bond acceptors (Lipinski definition) is 5. The fraction of sp³-hybridized carbons (Fsp3) is 0.714. The van der Waals surface area contributed by atoms with Crippen molar-refractivity contribution in [1.82, 2.24) is 0 Å². The van der Waals surface area contributed by atoms with Crippen LogP contribution in [0.15, 0.2) is 28.7 Å². The van der Waals surface area contributed by atoms with E-state index in [0.717, 1.165) is 30.3 Å². The van der Waals surface area contributed by atoms with E-state index in [1.807, 2.05) is 0 Å². The zero-order chi connectivity index (χ0) is 18.0. The molecule has 1 aromatic rings. The van der Waals surface area contributed by atoms with Crippen molar-refractivity contribution in [2.75, 3.05) is 6.61 Å². The second-order valence-electron chi connectivity index (χ2n) is 8.49. The molecule has 146 valence electrons. The molecular weight excluding hydrogens is 412 g/mol. The van der Waals surface area contributed by atoms with Gasteiger partial charge in [-0.3, -0.25) is 0 Å². The molecule has 1 aliphatic carbocycles. The van der Waals surface area contributed by atoms with Crippen LogP contribution in [0.4, 0.5) is 0 Å². The molecule has 6 heteroatoms. The summed E-state index contributed by atoms with van der Waals surface area (Å²) >= 11 is 3.52. The minimum absolute atomic E-state index is 0.00526. The summed E-state index contributed by atoms with van der Waals surface area (Å²) in [5.74, 6) is -0.248. The van der Waals surface area contributed by atoms with Crippen LogP contribution in [-0.4, -0.2) is 43.1 Å². The van der Waals surface area contributed by atoms with Gasteiger partial charge in [-0.1, -0.05) is 34.5 Å². The van der Waals surface area contributed by atoms with Crippen LogP contribution in [0.2, 0.25) is 0 Å². The van der Waals surface area contributed by atoms with Gasteiger partial charge in [0.1, 0.15) is 12.2 Å². The molecule has 0 bridgehead atoms. The van der Waals surface area contributed by atoms with E-state index in [1.54, 1.807) is 0 Å². The molecule has 27 heavy (non-hydrogen) atoms. The van der Waals surface area contributed by atoms with E-state index in [2.05, 4.69) is 40.2 Å². The Morgan fingerprint density at radius 2 is 1.70 bits per heavy atom. The molecule has 0 amide bonds. The zero-order valence-electron chi connectivity index (χ0n) is 15.2. The Hall–Kier alpha value is -0.500. The third-order valence-corrected chi connectivity index (χ3v) is 7.42. The highest BCUT2D eigenvalue weighted by atomic mass is 79.9. The highest BCUT2D eigenvalue weighted by Crippen LogP contribution is 2.53. The van der Waals surface area contributed by atoms with Crippen LogP contribution in [0.25, 0.3) is 0 Å². The summed E-state index contributed by atoms with van der Waals surface area (Å²) in [5.41, 5.74) is 1.18. The van der Waals surface area contributed by atoms with E-state index in [9.17, 15) is 0 Å². The van der Waals surface area contributed by atoms with E-state index < -0.39 is 5.79 Å². The van der Waals surface area contributed by atoms with Crippen LogP contribution < -0.4 is 0 Å². The van der Waals surface area contributed by atoms with Crippen molar-refractivity contribution in [2.45, 2.75) is 81.1 Å². The first-order chi connectivity index (χ1) is 13.2. The lowest BCUT2D eigenvalue weighted by Gasteiger charge is -2.36. The third kappa shape index (κ3) is 2.75. The molecular formula is C21H25BrO5. The molecule has 5 nitrogen and oxygen atoms in total. The minimum atomic E-state index is -0.433. The van der Waals surface area contributed by atoms with Gasteiger partial charge in [-0.15, -0.1) is 0 Å². The molecule has 0 radical (unpaired) electrons. The van der Waals surface area contributed by atoms with Crippen LogP contribution in [0.5, 0.6) is 0 Å². The predicted octanol–water partition coefficient (Wildman–Crippen LogP) is 4.09. The second-order valence-corrected chi connectivity index (χ2v) is 9.40. The Labute approximate surface area is 167 Å². The lowest BCUT2D eigenvalue weighted by atomic mass is 9.83. The number of hydrogen-bond donors (Lipinski definition) is 0. The number of halogens is 1. The van der Waals surface area contributed by atoms with Gasteiger partial charge < -0.3 is 23.7 Å². The minimum Gasteiger partial charge on any atom is -0.373 e. The summed E-state index contributed by atoms with van der Waals surface area (Å²) in [5, 5.41) is 0. The van der Waals surface area contributed by atoms with Gasteiger partial charge in [0.05, 0.1) is 18.3 Å². The predicted molar refractivity (Wildman–Crippen MR) is 100 cm³/mol. The summed E-state index contributed by atoms with van der Waals surface area (Å²) in [7, 11) is 0. The molecule has 4 aliphatic heterocycles. The van der Waals surface area contributed by atoms with Crippen molar-refractivity contribution in [2.24, 2.45) is 5.92 Å². The average Bonchev–Trinajstić information content (AvgIpc) is 3.30. The SMILES string of the molecule is Brc1ccc([C@@H]2OCC[C@@H]3O[C@@H]4[C@H]5OC6(CCCCC6)O[C@H]5O[C@@H]4[C@@H]32)cc1. The fourth-order valence-corrected chi connectivity index (χ4v) is 5.94. The maximum absolute atomic E-state index is 6.49. The largest absolute Gasteiger partial charge is 0.373 e. The Kier molecular flexibility index (Phi) is 4.19. The van der Waals surface area contributed by atoms with E-state index in [-0.39, 0.29) is 42.7 Å². The molecule has 4 heterocycles. The Bertz CT molecular complexity index is 703. The Morgan fingerprint density at radius 3 is 2.52 bits per heavy atom. The first-order valence-corrected chi connectivity index (χ1v) is 11.1. The topological polar surface area (TPSA) is 46.2 Å². The quantitative estimate of drug-likeness (QED) is 0.662. The van der Waals surface area contributed by atoms with Gasteiger partial charge in [0, 0.05) is 29.8 Å². The molecule has 5 fully saturated rings. The Morgan fingerprint density at radius 1 is 0.889 bits per heavy atom. The summed E-state index contributed by atoms with van der Waals surface area (Å²) in [6, 6.07) is 8.40. The number of fused-ring (bicyclic) bond motifs is 5. The van der Waals surface area contributed by atoms with Crippen molar-refractivity contribution in [1.29, 1.82) is 0 Å². The molecule has 1 spiro atoms. The summed E-state index contributed by atoms with van der Waals surface area (Å²) < 4.78 is 33.0. The molecule has 5 aliphatic rings. The van der Waals surface area contributed by atoms with Gasteiger partial charge in [-0.2, -0.15) is 0 Å². The summed E-state index contributed by atoms with van der Waals surface area (Å²) in [6.07, 6.45) is 6.13. The van der Waals surface area contributed by atoms with Gasteiger partial charge in [0.2, 0.25) is 0 Å². The molecule has 0 aromatic heterocycles. The maximum Gasteiger partial charge on any atom is 0.190 e. The lowest BCUT2D eigenvalue weighted by Crippen LogP contribution is -2.40. The molecule has 0 unspecified atom stereocenters. The van der Waals surface area contributed by atoms with Crippen molar-refractivity contribution in [3.05, 3.63) is 34.3 Å². The zero-order valence-corrected chi connectivity index (χ0v) is 16.8. The lowest BCUT2D eigenvalue weighted by molar-refractivity contribution is -0.245. The van der Waals surface area contributed by atoms with Gasteiger partial charge in [0.15, 0.2) is 12.1 Å². The molecule has 6 rings (SSSR count). The van der Waals surface area contributed by atoms with E-state index in [4.69, 9.17) is 23.7 Å². The summed E-state index contributed by atoms with van der Waals surface area (Å²) in [4.78, 5) is 0. The number of benzene rings is 1. The molecule has 1 aromatic carbocycles. The normalized spacial score (nSPS) is 44.9. The van der Waals surface area contributed by atoms with E-state index in [1.165, 1.54) is 24.8 Å². The number of ether oxygens (including phenoxy) is 5. The van der Waals surface area contributed by atoms with Gasteiger partial charge in [-0.25, -0.2) is 0 Å². The van der Waals surface area contributed by atoms with Crippen molar-refractivity contribution >= 4 is 15.9 Å². The monoisotopic (exact) mass is 436 g/mol. The van der Waals surface area contributed by atoms with Crippen LogP contribution in [0, 0.1) is 5.92 Å². The average molecular weight is 437 g/mol. The summed E-state index contributed by atoms with van der Waals surface area (Å²) in [6.45, 7) is 0.719.